The summed E-state index contributed by atoms with van der Waals surface area (Å²) in [6, 6.07) is 17.5. The predicted octanol–water partition coefficient (Wildman–Crippen LogP) is 5.53. The lowest BCUT2D eigenvalue weighted by Crippen LogP contribution is -2.36. The fraction of sp³-hybridized carbons (Fsp3) is 0.185. The highest BCUT2D eigenvalue weighted by molar-refractivity contribution is 8.18. The van der Waals surface area contributed by atoms with E-state index in [1.807, 2.05) is 12.1 Å². The zero-order chi connectivity index (χ0) is 25.8. The molecule has 0 saturated carbocycles. The summed E-state index contributed by atoms with van der Waals surface area (Å²) in [6.07, 6.45) is 1.47. The van der Waals surface area contributed by atoms with Crippen molar-refractivity contribution in [2.24, 2.45) is 0 Å². The second kappa shape index (κ2) is 10.7. The molecule has 2 heterocycles. The molecule has 0 bridgehead atoms. The smallest absolute Gasteiger partial charge is 0.337 e. The lowest BCUT2D eigenvalue weighted by Gasteiger charge is -2.13. The molecule has 1 aliphatic heterocycles. The molecule has 2 aromatic carbocycles. The SMILES string of the molecule is COC(=O)c1ccc(-c2ccc(/C=C3/SC(=O)N(CC(=O)Nc4ccc(C(C)C)cc4)C3=O)o2)cc1. The van der Waals surface area contributed by atoms with E-state index in [9.17, 15) is 19.2 Å². The molecule has 0 atom stereocenters. The molecule has 1 saturated heterocycles. The fourth-order valence-corrected chi connectivity index (χ4v) is 4.35. The third-order valence-electron chi connectivity index (χ3n) is 5.53. The molecular formula is C27H24N2O6S. The second-order valence-corrected chi connectivity index (χ2v) is 9.36. The van der Waals surface area contributed by atoms with Crippen LogP contribution in [-0.2, 0) is 14.3 Å². The zero-order valence-corrected chi connectivity index (χ0v) is 20.8. The number of esters is 1. The van der Waals surface area contributed by atoms with Crippen LogP contribution in [0.4, 0.5) is 10.5 Å². The number of hydrogen-bond donors (Lipinski definition) is 1. The van der Waals surface area contributed by atoms with Gasteiger partial charge in [0.25, 0.3) is 11.1 Å². The third-order valence-corrected chi connectivity index (χ3v) is 6.43. The highest BCUT2D eigenvalue weighted by Gasteiger charge is 2.36. The molecule has 0 radical (unpaired) electrons. The van der Waals surface area contributed by atoms with Gasteiger partial charge in [-0.1, -0.05) is 38.1 Å². The van der Waals surface area contributed by atoms with Crippen molar-refractivity contribution in [1.29, 1.82) is 0 Å². The number of nitrogens with zero attached hydrogens (tertiary/aromatic N) is 1. The molecule has 36 heavy (non-hydrogen) atoms. The van der Waals surface area contributed by atoms with Crippen LogP contribution in [0.15, 0.2) is 70.0 Å². The van der Waals surface area contributed by atoms with Gasteiger partial charge < -0.3 is 14.5 Å². The average Bonchev–Trinajstić information content (AvgIpc) is 3.44. The summed E-state index contributed by atoms with van der Waals surface area (Å²) < 4.78 is 10.5. The van der Waals surface area contributed by atoms with Gasteiger partial charge in [0.15, 0.2) is 0 Å². The molecule has 8 nitrogen and oxygen atoms in total. The van der Waals surface area contributed by atoms with Gasteiger partial charge in [-0.05, 0) is 59.6 Å². The van der Waals surface area contributed by atoms with Crippen molar-refractivity contribution in [2.45, 2.75) is 19.8 Å². The van der Waals surface area contributed by atoms with E-state index < -0.39 is 23.0 Å². The van der Waals surface area contributed by atoms with Crippen molar-refractivity contribution in [3.63, 3.8) is 0 Å². The summed E-state index contributed by atoms with van der Waals surface area (Å²) in [5.74, 6) is -0.187. The molecule has 1 fully saturated rings. The topological polar surface area (TPSA) is 106 Å². The summed E-state index contributed by atoms with van der Waals surface area (Å²) in [5.41, 5.74) is 2.88. The Morgan fingerprint density at radius 1 is 1.03 bits per heavy atom. The van der Waals surface area contributed by atoms with Gasteiger partial charge >= 0.3 is 5.97 Å². The van der Waals surface area contributed by atoms with E-state index >= 15 is 0 Å². The number of carbonyl (C=O) groups excluding carboxylic acids is 4. The number of rotatable bonds is 7. The molecule has 1 aliphatic rings. The van der Waals surface area contributed by atoms with Gasteiger partial charge in [0, 0.05) is 17.3 Å². The van der Waals surface area contributed by atoms with E-state index in [4.69, 9.17) is 9.15 Å². The number of hydrogen-bond acceptors (Lipinski definition) is 7. The summed E-state index contributed by atoms with van der Waals surface area (Å²) in [6.45, 7) is 3.77. The van der Waals surface area contributed by atoms with Crippen molar-refractivity contribution in [3.8, 4) is 11.3 Å². The summed E-state index contributed by atoms with van der Waals surface area (Å²) in [7, 11) is 1.31. The molecule has 9 heteroatoms. The largest absolute Gasteiger partial charge is 0.465 e. The first-order valence-electron chi connectivity index (χ1n) is 11.2. The van der Waals surface area contributed by atoms with Crippen LogP contribution >= 0.6 is 11.8 Å². The van der Waals surface area contributed by atoms with Gasteiger partial charge in [0.1, 0.15) is 18.1 Å². The van der Waals surface area contributed by atoms with Crippen molar-refractivity contribution < 1.29 is 28.3 Å². The summed E-state index contributed by atoms with van der Waals surface area (Å²) in [4.78, 5) is 50.3. The lowest BCUT2D eigenvalue weighted by atomic mass is 10.0. The number of methoxy groups -OCH3 is 1. The van der Waals surface area contributed by atoms with E-state index in [1.54, 1.807) is 48.5 Å². The van der Waals surface area contributed by atoms with Gasteiger partial charge in [-0.3, -0.25) is 19.3 Å². The zero-order valence-electron chi connectivity index (χ0n) is 19.9. The summed E-state index contributed by atoms with van der Waals surface area (Å²) in [5, 5.41) is 2.19. The highest BCUT2D eigenvalue weighted by atomic mass is 32.2. The maximum Gasteiger partial charge on any atom is 0.337 e. The molecule has 184 valence electrons. The van der Waals surface area contributed by atoms with Crippen LogP contribution in [0.3, 0.4) is 0 Å². The number of thioether (sulfide) groups is 1. The molecule has 0 unspecified atom stereocenters. The number of imide groups is 1. The Kier molecular flexibility index (Phi) is 7.40. The van der Waals surface area contributed by atoms with Crippen LogP contribution < -0.4 is 5.32 Å². The molecule has 3 amide bonds. The van der Waals surface area contributed by atoms with Gasteiger partial charge in [-0.15, -0.1) is 0 Å². The van der Waals surface area contributed by atoms with E-state index in [-0.39, 0.29) is 11.4 Å². The number of benzene rings is 2. The number of amides is 3. The molecule has 1 aromatic heterocycles. The van der Waals surface area contributed by atoms with Crippen LogP contribution in [0.1, 0.15) is 41.4 Å². The minimum atomic E-state index is -0.560. The van der Waals surface area contributed by atoms with Gasteiger partial charge in [-0.2, -0.15) is 0 Å². The molecule has 4 rings (SSSR count). The molecule has 0 aliphatic carbocycles. The van der Waals surface area contributed by atoms with Crippen LogP contribution in [0.25, 0.3) is 17.4 Å². The lowest BCUT2D eigenvalue weighted by molar-refractivity contribution is -0.127. The molecule has 1 N–H and O–H groups in total. The Morgan fingerprint density at radius 3 is 2.36 bits per heavy atom. The fourth-order valence-electron chi connectivity index (χ4n) is 3.53. The number of carbonyl (C=O) groups is 4. The van der Waals surface area contributed by atoms with Crippen LogP contribution in [0.2, 0.25) is 0 Å². The molecule has 0 spiro atoms. The van der Waals surface area contributed by atoms with Crippen LogP contribution in [0, 0.1) is 0 Å². The Morgan fingerprint density at radius 2 is 1.72 bits per heavy atom. The Labute approximate surface area is 212 Å². The first-order chi connectivity index (χ1) is 17.2. The first-order valence-corrected chi connectivity index (χ1v) is 12.0. The highest BCUT2D eigenvalue weighted by Crippen LogP contribution is 2.33. The van der Waals surface area contributed by atoms with Crippen LogP contribution in [-0.4, -0.2) is 41.6 Å². The number of anilines is 1. The average molecular weight is 505 g/mol. The Balaban J connectivity index is 1.41. The standard InChI is InChI=1S/C27H24N2O6S/c1-16(2)17-8-10-20(11-9-17)28-24(30)15-29-25(31)23(36-27(29)33)14-21-12-13-22(35-21)18-4-6-19(7-5-18)26(32)34-3/h4-14,16H,15H2,1-3H3,(H,28,30)/b23-14+. The van der Waals surface area contributed by atoms with Crippen molar-refractivity contribution in [3.05, 3.63) is 82.5 Å². The van der Waals surface area contributed by atoms with Gasteiger partial charge in [0.2, 0.25) is 5.91 Å². The number of nitrogens with one attached hydrogen (secondary N) is 1. The Hall–Kier alpha value is -4.11. The van der Waals surface area contributed by atoms with Gasteiger partial charge in [-0.25, -0.2) is 4.79 Å². The maximum absolute atomic E-state index is 12.8. The van der Waals surface area contributed by atoms with Crippen LogP contribution in [0.5, 0.6) is 0 Å². The minimum absolute atomic E-state index is 0.163. The predicted molar refractivity (Wildman–Crippen MR) is 137 cm³/mol. The van der Waals surface area contributed by atoms with Crippen molar-refractivity contribution in [2.75, 3.05) is 19.0 Å². The van der Waals surface area contributed by atoms with Crippen molar-refractivity contribution in [1.82, 2.24) is 4.90 Å². The third kappa shape index (κ3) is 5.58. The first kappa shape index (κ1) is 25.0. The maximum atomic E-state index is 12.8. The molecular weight excluding hydrogens is 480 g/mol. The van der Waals surface area contributed by atoms with Crippen molar-refractivity contribution >= 4 is 46.5 Å². The second-order valence-electron chi connectivity index (χ2n) is 8.36. The van der Waals surface area contributed by atoms with E-state index in [2.05, 4.69) is 19.2 Å². The van der Waals surface area contributed by atoms with E-state index in [0.717, 1.165) is 27.8 Å². The molecule has 3 aromatic rings. The van der Waals surface area contributed by atoms with Gasteiger partial charge in [0.05, 0.1) is 17.6 Å². The normalized spacial score (nSPS) is 14.6. The quantitative estimate of drug-likeness (QED) is 0.333. The Bertz CT molecular complexity index is 1340. The number of furan rings is 1. The van der Waals surface area contributed by atoms with E-state index in [0.29, 0.717) is 28.7 Å². The van der Waals surface area contributed by atoms with E-state index in [1.165, 1.54) is 13.2 Å². The number of ether oxygens (including phenoxy) is 1. The minimum Gasteiger partial charge on any atom is -0.465 e. The monoisotopic (exact) mass is 504 g/mol. The summed E-state index contributed by atoms with van der Waals surface area (Å²) >= 11 is 0.750.